The first-order valence-electron chi connectivity index (χ1n) is 10.4. The number of carbonyl (C=O) groups is 1. The van der Waals surface area contributed by atoms with Crippen molar-refractivity contribution < 1.29 is 14.3 Å². The molecule has 1 heterocycles. The Morgan fingerprint density at radius 1 is 1.22 bits per heavy atom. The lowest BCUT2D eigenvalue weighted by Gasteiger charge is -2.12. The van der Waals surface area contributed by atoms with Crippen LogP contribution in [0.2, 0.25) is 5.15 Å². The topological polar surface area (TPSA) is 77.7 Å². The number of methoxy groups -OCH3 is 1. The predicted molar refractivity (Wildman–Crippen MR) is 126 cm³/mol. The summed E-state index contributed by atoms with van der Waals surface area (Å²) < 4.78 is 12.8. The van der Waals surface area contributed by atoms with E-state index in [9.17, 15) is 4.79 Å². The Kier molecular flexibility index (Phi) is 7.89. The lowest BCUT2D eigenvalue weighted by atomic mass is 10.1. The zero-order chi connectivity index (χ0) is 23.1. The second kappa shape index (κ2) is 10.8. The molecule has 2 aromatic carbocycles. The molecule has 0 fully saturated rings. The number of hydrogen-bond acceptors (Lipinski definition) is 5. The van der Waals surface area contributed by atoms with Gasteiger partial charge in [-0.2, -0.15) is 10.2 Å². The third-order valence-electron chi connectivity index (χ3n) is 4.79. The van der Waals surface area contributed by atoms with Crippen molar-refractivity contribution >= 4 is 23.7 Å². The molecule has 1 aromatic heterocycles. The summed E-state index contributed by atoms with van der Waals surface area (Å²) in [5, 5.41) is 8.93. The van der Waals surface area contributed by atoms with E-state index in [4.69, 9.17) is 21.1 Å². The van der Waals surface area contributed by atoms with Crippen LogP contribution >= 0.6 is 11.6 Å². The minimum atomic E-state index is -0.377. The number of para-hydroxylation sites is 1. The Balaban J connectivity index is 1.69. The molecule has 0 spiro atoms. The van der Waals surface area contributed by atoms with Gasteiger partial charge >= 0.3 is 0 Å². The van der Waals surface area contributed by atoms with Crippen molar-refractivity contribution in [1.29, 1.82) is 0 Å². The average molecular weight is 455 g/mol. The Hall–Kier alpha value is -3.32. The van der Waals surface area contributed by atoms with Crippen molar-refractivity contribution in [3.8, 4) is 17.2 Å². The highest BCUT2D eigenvalue weighted by Crippen LogP contribution is 2.28. The quantitative estimate of drug-likeness (QED) is 0.363. The highest BCUT2D eigenvalue weighted by atomic mass is 35.5. The van der Waals surface area contributed by atoms with Crippen molar-refractivity contribution in [2.45, 2.75) is 27.2 Å². The SMILES string of the molecule is COc1cc(C(=O)N/N=C/c2c(C)nn(-c3ccccc3)c2Cl)ccc1OCCC(C)C. The van der Waals surface area contributed by atoms with Crippen LogP contribution in [-0.2, 0) is 0 Å². The number of ether oxygens (including phenoxy) is 2. The molecule has 0 saturated heterocycles. The Morgan fingerprint density at radius 3 is 2.66 bits per heavy atom. The standard InChI is InChI=1S/C24H27ClN4O3/c1-16(2)12-13-32-21-11-10-18(14-22(21)31-4)24(30)27-26-15-20-17(3)28-29(23(20)25)19-8-6-5-7-9-19/h5-11,14-16H,12-13H2,1-4H3,(H,27,30)/b26-15+. The number of amides is 1. The molecule has 0 bridgehead atoms. The van der Waals surface area contributed by atoms with Gasteiger partial charge in [0.2, 0.25) is 0 Å². The average Bonchev–Trinajstić information content (AvgIpc) is 3.07. The summed E-state index contributed by atoms with van der Waals surface area (Å²) >= 11 is 6.48. The summed E-state index contributed by atoms with van der Waals surface area (Å²) in [6, 6.07) is 14.6. The number of carbonyl (C=O) groups excluding carboxylic acids is 1. The van der Waals surface area contributed by atoms with E-state index in [0.29, 0.717) is 46.0 Å². The summed E-state index contributed by atoms with van der Waals surface area (Å²) in [4.78, 5) is 12.5. The van der Waals surface area contributed by atoms with Crippen LogP contribution in [0, 0.1) is 12.8 Å². The number of benzene rings is 2. The van der Waals surface area contributed by atoms with Crippen molar-refractivity contribution in [1.82, 2.24) is 15.2 Å². The zero-order valence-corrected chi connectivity index (χ0v) is 19.4. The van der Waals surface area contributed by atoms with Gasteiger partial charge in [0.15, 0.2) is 11.5 Å². The van der Waals surface area contributed by atoms with Crippen LogP contribution in [0.25, 0.3) is 5.69 Å². The number of hydrogen-bond donors (Lipinski definition) is 1. The molecule has 0 aliphatic rings. The normalized spacial score (nSPS) is 11.2. The fourth-order valence-corrected chi connectivity index (χ4v) is 3.27. The van der Waals surface area contributed by atoms with Crippen LogP contribution < -0.4 is 14.9 Å². The van der Waals surface area contributed by atoms with Crippen LogP contribution in [-0.4, -0.2) is 35.6 Å². The van der Waals surface area contributed by atoms with Crippen LogP contribution in [0.3, 0.4) is 0 Å². The molecule has 0 unspecified atom stereocenters. The van der Waals surface area contributed by atoms with Gasteiger partial charge in [-0.15, -0.1) is 0 Å². The number of aryl methyl sites for hydroxylation is 1. The number of rotatable bonds is 9. The first kappa shape index (κ1) is 23.3. The monoisotopic (exact) mass is 454 g/mol. The van der Waals surface area contributed by atoms with E-state index in [2.05, 4.69) is 29.5 Å². The van der Waals surface area contributed by atoms with Crippen molar-refractivity contribution in [3.63, 3.8) is 0 Å². The van der Waals surface area contributed by atoms with Crippen molar-refractivity contribution in [3.05, 3.63) is 70.5 Å². The second-order valence-corrected chi connectivity index (χ2v) is 7.99. The van der Waals surface area contributed by atoms with Crippen molar-refractivity contribution in [2.24, 2.45) is 11.0 Å². The molecule has 3 rings (SSSR count). The number of nitrogens with zero attached hydrogens (tertiary/aromatic N) is 3. The Labute approximate surface area is 193 Å². The van der Waals surface area contributed by atoms with Gasteiger partial charge in [0.05, 0.1) is 36.9 Å². The molecule has 8 heteroatoms. The van der Waals surface area contributed by atoms with Crippen LogP contribution in [0.15, 0.2) is 53.6 Å². The molecular weight excluding hydrogens is 428 g/mol. The third-order valence-corrected chi connectivity index (χ3v) is 5.15. The zero-order valence-electron chi connectivity index (χ0n) is 18.6. The fourth-order valence-electron chi connectivity index (χ4n) is 2.95. The fraction of sp³-hybridized carbons (Fsp3) is 0.292. The second-order valence-electron chi connectivity index (χ2n) is 7.63. The van der Waals surface area contributed by atoms with Gasteiger partial charge in [-0.3, -0.25) is 4.79 Å². The Bertz CT molecular complexity index is 1090. The minimum absolute atomic E-state index is 0.377. The molecule has 3 aromatic rings. The number of halogens is 1. The van der Waals surface area contributed by atoms with E-state index in [1.54, 1.807) is 30.0 Å². The number of aromatic nitrogens is 2. The van der Waals surface area contributed by atoms with Gasteiger partial charge in [-0.05, 0) is 49.6 Å². The third kappa shape index (κ3) is 5.68. The lowest BCUT2D eigenvalue weighted by Crippen LogP contribution is -2.17. The van der Waals surface area contributed by atoms with E-state index in [1.165, 1.54) is 6.21 Å². The summed E-state index contributed by atoms with van der Waals surface area (Å²) in [5.41, 5.74) is 5.08. The van der Waals surface area contributed by atoms with Gasteiger partial charge in [0, 0.05) is 5.56 Å². The molecule has 168 valence electrons. The van der Waals surface area contributed by atoms with Gasteiger partial charge < -0.3 is 9.47 Å². The smallest absolute Gasteiger partial charge is 0.271 e. The number of hydrazone groups is 1. The molecule has 1 N–H and O–H groups in total. The highest BCUT2D eigenvalue weighted by molar-refractivity contribution is 6.32. The Morgan fingerprint density at radius 2 is 1.97 bits per heavy atom. The van der Waals surface area contributed by atoms with Crippen LogP contribution in [0.1, 0.15) is 41.9 Å². The maximum absolute atomic E-state index is 12.5. The molecular formula is C24H27ClN4O3. The molecule has 0 atom stereocenters. The molecule has 0 aliphatic heterocycles. The first-order chi connectivity index (χ1) is 15.4. The number of nitrogens with one attached hydrogen (secondary N) is 1. The van der Waals surface area contributed by atoms with E-state index in [1.807, 2.05) is 37.3 Å². The van der Waals surface area contributed by atoms with Crippen LogP contribution in [0.5, 0.6) is 11.5 Å². The largest absolute Gasteiger partial charge is 0.493 e. The van der Waals surface area contributed by atoms with Gasteiger partial charge in [0.1, 0.15) is 5.15 Å². The lowest BCUT2D eigenvalue weighted by molar-refractivity contribution is 0.0954. The summed E-state index contributed by atoms with van der Waals surface area (Å²) in [7, 11) is 1.54. The first-order valence-corrected chi connectivity index (χ1v) is 10.7. The van der Waals surface area contributed by atoms with Crippen LogP contribution in [0.4, 0.5) is 0 Å². The van der Waals surface area contributed by atoms with Crippen molar-refractivity contribution in [2.75, 3.05) is 13.7 Å². The summed E-state index contributed by atoms with van der Waals surface area (Å²) in [6.45, 7) is 6.68. The molecule has 7 nitrogen and oxygen atoms in total. The van der Waals surface area contributed by atoms with E-state index in [-0.39, 0.29) is 5.91 Å². The summed E-state index contributed by atoms with van der Waals surface area (Å²) in [6.07, 6.45) is 2.42. The van der Waals surface area contributed by atoms with Gasteiger partial charge in [-0.1, -0.05) is 43.6 Å². The van der Waals surface area contributed by atoms with Gasteiger partial charge in [0.25, 0.3) is 5.91 Å². The molecule has 0 saturated carbocycles. The minimum Gasteiger partial charge on any atom is -0.493 e. The summed E-state index contributed by atoms with van der Waals surface area (Å²) in [5.74, 6) is 1.26. The molecule has 32 heavy (non-hydrogen) atoms. The predicted octanol–water partition coefficient (Wildman–Crippen LogP) is 5.03. The van der Waals surface area contributed by atoms with Gasteiger partial charge in [-0.25, -0.2) is 10.1 Å². The van der Waals surface area contributed by atoms with E-state index in [0.717, 1.165) is 12.1 Å². The maximum atomic E-state index is 12.5. The maximum Gasteiger partial charge on any atom is 0.271 e. The van der Waals surface area contributed by atoms with E-state index >= 15 is 0 Å². The molecule has 1 amide bonds. The molecule has 0 radical (unpaired) electrons. The molecule has 0 aliphatic carbocycles. The highest BCUT2D eigenvalue weighted by Gasteiger charge is 2.14. The van der Waals surface area contributed by atoms with E-state index < -0.39 is 0 Å².